The van der Waals surface area contributed by atoms with Gasteiger partial charge >= 0.3 is 0 Å². The van der Waals surface area contributed by atoms with Crippen molar-refractivity contribution in [3.8, 4) is 0 Å². The maximum atomic E-state index is 11.4. The van der Waals surface area contributed by atoms with Crippen LogP contribution in [-0.2, 0) is 0 Å². The van der Waals surface area contributed by atoms with E-state index in [9.17, 15) is 5.21 Å². The molecule has 0 bridgehead atoms. The molecule has 128 valence electrons. The van der Waals surface area contributed by atoms with Gasteiger partial charge in [0.15, 0.2) is 0 Å². The number of hydrogen-bond acceptors (Lipinski definition) is 1. The predicted molar refractivity (Wildman–Crippen MR) is 95.3 cm³/mol. The molecule has 0 unspecified atom stereocenters. The van der Waals surface area contributed by atoms with Crippen molar-refractivity contribution in [3.05, 3.63) is 5.21 Å². The molecular weight excluding hydrogens is 258 g/mol. The van der Waals surface area contributed by atoms with Crippen LogP contribution in [0.3, 0.4) is 0 Å². The first-order valence-corrected chi connectivity index (χ1v) is 9.60. The maximum Gasteiger partial charge on any atom is 0.0779 e. The van der Waals surface area contributed by atoms with Crippen LogP contribution in [-0.4, -0.2) is 25.3 Å². The van der Waals surface area contributed by atoms with Crippen molar-refractivity contribution in [1.29, 1.82) is 0 Å². The van der Waals surface area contributed by atoms with Crippen molar-refractivity contribution in [3.63, 3.8) is 0 Å². The van der Waals surface area contributed by atoms with Crippen LogP contribution in [0.25, 0.3) is 0 Å². The Hall–Kier alpha value is -0.0800. The molecule has 0 atom stereocenters. The van der Waals surface area contributed by atoms with Gasteiger partial charge in [-0.25, -0.2) is 0 Å². The number of nitrogens with zero attached hydrogens (tertiary/aromatic N) is 1. The third kappa shape index (κ3) is 19.9. The fourth-order valence-corrected chi connectivity index (χ4v) is 2.86. The van der Waals surface area contributed by atoms with Crippen LogP contribution in [0.1, 0.15) is 103 Å². The first-order valence-electron chi connectivity index (χ1n) is 9.60. The highest BCUT2D eigenvalue weighted by Crippen LogP contribution is 2.13. The van der Waals surface area contributed by atoms with Crippen molar-refractivity contribution in [2.24, 2.45) is 0 Å². The second-order valence-corrected chi connectivity index (χ2v) is 7.25. The van der Waals surface area contributed by atoms with E-state index in [-0.39, 0.29) is 4.65 Å². The fourth-order valence-electron chi connectivity index (χ4n) is 2.86. The number of rotatable bonds is 16. The van der Waals surface area contributed by atoms with Crippen LogP contribution in [0.4, 0.5) is 0 Å². The summed E-state index contributed by atoms with van der Waals surface area (Å²) < 4.78 is -0.127. The Balaban J connectivity index is 3.00. The van der Waals surface area contributed by atoms with E-state index in [0.717, 1.165) is 13.0 Å². The number of hydroxylamine groups is 3. The average Bonchev–Trinajstić information content (AvgIpc) is 2.42. The summed E-state index contributed by atoms with van der Waals surface area (Å²) in [5, 5.41) is 11.4. The molecule has 0 aromatic rings. The third-order valence-electron chi connectivity index (χ3n) is 4.30. The van der Waals surface area contributed by atoms with Crippen LogP contribution in [0.2, 0.25) is 0 Å². The van der Waals surface area contributed by atoms with Gasteiger partial charge in [0.1, 0.15) is 0 Å². The Kier molecular flexibility index (Phi) is 14.8. The van der Waals surface area contributed by atoms with Crippen molar-refractivity contribution >= 4 is 0 Å². The van der Waals surface area contributed by atoms with Gasteiger partial charge in [0.25, 0.3) is 0 Å². The Morgan fingerprint density at radius 2 is 0.810 bits per heavy atom. The van der Waals surface area contributed by atoms with E-state index in [1.165, 1.54) is 89.9 Å². The minimum absolute atomic E-state index is 0.127. The molecule has 0 heterocycles. The largest absolute Gasteiger partial charge is 0.633 e. The molecule has 0 rings (SSSR count). The first-order chi connectivity index (χ1) is 10.1. The normalized spacial score (nSPS) is 12.0. The Labute approximate surface area is 134 Å². The number of hydrogen-bond donors (Lipinski definition) is 0. The van der Waals surface area contributed by atoms with Crippen molar-refractivity contribution in [2.45, 2.75) is 103 Å². The highest BCUT2D eigenvalue weighted by molar-refractivity contribution is 4.49. The van der Waals surface area contributed by atoms with E-state index in [2.05, 4.69) is 6.92 Å². The van der Waals surface area contributed by atoms with Gasteiger partial charge < -0.3 is 9.85 Å². The Morgan fingerprint density at radius 3 is 1.10 bits per heavy atom. The molecule has 0 radical (unpaired) electrons. The molecular formula is C19H41NO. The van der Waals surface area contributed by atoms with Crippen LogP contribution in [0.5, 0.6) is 0 Å². The lowest BCUT2D eigenvalue weighted by molar-refractivity contribution is -0.840. The third-order valence-corrected chi connectivity index (χ3v) is 4.30. The minimum Gasteiger partial charge on any atom is -0.633 e. The summed E-state index contributed by atoms with van der Waals surface area (Å²) in [7, 11) is 3.48. The molecule has 2 heteroatoms. The molecule has 0 aromatic heterocycles. The molecule has 0 aliphatic carbocycles. The Morgan fingerprint density at radius 1 is 0.524 bits per heavy atom. The summed E-state index contributed by atoms with van der Waals surface area (Å²) in [4.78, 5) is 0. The summed E-state index contributed by atoms with van der Waals surface area (Å²) in [6.45, 7) is 3.06. The topological polar surface area (TPSA) is 23.1 Å². The zero-order valence-electron chi connectivity index (χ0n) is 15.2. The van der Waals surface area contributed by atoms with Crippen LogP contribution in [0, 0.1) is 5.21 Å². The van der Waals surface area contributed by atoms with E-state index < -0.39 is 0 Å². The minimum atomic E-state index is -0.127. The number of quaternary nitrogens is 1. The lowest BCUT2D eigenvalue weighted by Gasteiger charge is -2.33. The summed E-state index contributed by atoms with van der Waals surface area (Å²) in [5.41, 5.74) is 0. The molecule has 0 amide bonds. The lowest BCUT2D eigenvalue weighted by Crippen LogP contribution is -2.32. The van der Waals surface area contributed by atoms with Gasteiger partial charge in [-0.1, -0.05) is 90.4 Å². The second-order valence-electron chi connectivity index (χ2n) is 7.25. The molecule has 0 spiro atoms. The first kappa shape index (κ1) is 20.9. The van der Waals surface area contributed by atoms with Crippen LogP contribution in [0.15, 0.2) is 0 Å². The molecule has 0 aliphatic rings. The molecule has 0 aromatic carbocycles. The van der Waals surface area contributed by atoms with E-state index in [0.29, 0.717) is 0 Å². The van der Waals surface area contributed by atoms with Gasteiger partial charge in [-0.15, -0.1) is 0 Å². The summed E-state index contributed by atoms with van der Waals surface area (Å²) in [6.07, 6.45) is 20.7. The highest BCUT2D eigenvalue weighted by atomic mass is 16.5. The SMILES string of the molecule is CCCCCCCCCCCCCCCCC[N+](C)(C)[O-]. The summed E-state index contributed by atoms with van der Waals surface area (Å²) in [5.74, 6) is 0. The molecule has 2 nitrogen and oxygen atoms in total. The van der Waals surface area contributed by atoms with Gasteiger partial charge in [-0.05, 0) is 12.8 Å². The van der Waals surface area contributed by atoms with E-state index in [1.54, 1.807) is 14.1 Å². The number of unbranched alkanes of at least 4 members (excludes halogenated alkanes) is 14. The van der Waals surface area contributed by atoms with Gasteiger partial charge in [-0.2, -0.15) is 0 Å². The van der Waals surface area contributed by atoms with Gasteiger partial charge in [-0.3, -0.25) is 0 Å². The average molecular weight is 300 g/mol. The summed E-state index contributed by atoms with van der Waals surface area (Å²) in [6, 6.07) is 0. The van der Waals surface area contributed by atoms with Crippen LogP contribution >= 0.6 is 0 Å². The Bertz CT molecular complexity index is 198. The van der Waals surface area contributed by atoms with Crippen molar-refractivity contribution < 1.29 is 4.65 Å². The van der Waals surface area contributed by atoms with Gasteiger partial charge in [0.2, 0.25) is 0 Å². The van der Waals surface area contributed by atoms with Crippen molar-refractivity contribution in [1.82, 2.24) is 0 Å². The zero-order valence-corrected chi connectivity index (χ0v) is 15.2. The smallest absolute Gasteiger partial charge is 0.0779 e. The summed E-state index contributed by atoms with van der Waals surface area (Å²) >= 11 is 0. The standard InChI is InChI=1S/C19H41NO/c1-4-5-6-7-8-9-10-11-12-13-14-15-16-17-18-19-20(2,3)21/h4-19H2,1-3H3. The van der Waals surface area contributed by atoms with Gasteiger partial charge in [0.05, 0.1) is 20.6 Å². The van der Waals surface area contributed by atoms with Gasteiger partial charge in [0, 0.05) is 0 Å². The lowest BCUT2D eigenvalue weighted by atomic mass is 10.0. The van der Waals surface area contributed by atoms with E-state index in [1.807, 2.05) is 0 Å². The van der Waals surface area contributed by atoms with E-state index in [4.69, 9.17) is 0 Å². The molecule has 0 fully saturated rings. The highest BCUT2D eigenvalue weighted by Gasteiger charge is 2.00. The monoisotopic (exact) mass is 299 g/mol. The molecule has 0 N–H and O–H groups in total. The molecule has 21 heavy (non-hydrogen) atoms. The van der Waals surface area contributed by atoms with Crippen LogP contribution < -0.4 is 0 Å². The fraction of sp³-hybridized carbons (Fsp3) is 1.00. The molecule has 0 saturated carbocycles. The zero-order chi connectivity index (χ0) is 15.8. The predicted octanol–water partition coefficient (Wildman–Crippen LogP) is 6.43. The maximum absolute atomic E-state index is 11.4. The quantitative estimate of drug-likeness (QED) is 0.183. The van der Waals surface area contributed by atoms with Crippen molar-refractivity contribution in [2.75, 3.05) is 20.6 Å². The second kappa shape index (κ2) is 14.8. The molecule has 0 saturated heterocycles. The van der Waals surface area contributed by atoms with E-state index >= 15 is 0 Å². The molecule has 0 aliphatic heterocycles.